The molecule has 0 aromatic heterocycles. The van der Waals surface area contributed by atoms with E-state index in [1.165, 1.54) is 11.1 Å². The minimum Gasteiger partial charge on any atom is -0.496 e. The molecule has 1 N–H and O–H groups in total. The van der Waals surface area contributed by atoms with Crippen molar-refractivity contribution in [2.24, 2.45) is 0 Å². The van der Waals surface area contributed by atoms with Crippen molar-refractivity contribution < 1.29 is 9.53 Å². The van der Waals surface area contributed by atoms with Gasteiger partial charge in [0.15, 0.2) is 0 Å². The molecule has 0 aliphatic rings. The van der Waals surface area contributed by atoms with Crippen LogP contribution in [0.5, 0.6) is 5.75 Å². The van der Waals surface area contributed by atoms with Crippen molar-refractivity contribution in [3.8, 4) is 5.75 Å². The summed E-state index contributed by atoms with van der Waals surface area (Å²) in [6, 6.07) is 4.18. The predicted molar refractivity (Wildman–Crippen MR) is 77.8 cm³/mol. The van der Waals surface area contributed by atoms with Gasteiger partial charge >= 0.3 is 0 Å². The molecule has 0 spiro atoms. The first-order chi connectivity index (χ1) is 8.27. The van der Waals surface area contributed by atoms with Crippen LogP contribution in [0.25, 0.3) is 0 Å². The van der Waals surface area contributed by atoms with Gasteiger partial charge in [-0.05, 0) is 31.0 Å². The van der Waals surface area contributed by atoms with Gasteiger partial charge in [-0.15, -0.1) is 0 Å². The maximum absolute atomic E-state index is 11.0. The molecule has 0 saturated carbocycles. The Balaban J connectivity index is 3.13. The molecule has 0 heterocycles. The first kappa shape index (κ1) is 15.0. The minimum absolute atomic E-state index is 0.187. The maximum atomic E-state index is 11.0. The summed E-state index contributed by atoms with van der Waals surface area (Å²) in [5, 5.41) is 2.79. The van der Waals surface area contributed by atoms with E-state index in [4.69, 9.17) is 4.74 Å². The molecule has 0 atom stereocenters. The summed E-state index contributed by atoms with van der Waals surface area (Å²) in [4.78, 5) is 10.8. The van der Waals surface area contributed by atoms with Crippen LogP contribution >= 0.6 is 15.9 Å². The van der Waals surface area contributed by atoms with Crippen LogP contribution < -0.4 is 10.1 Å². The number of carbonyl (C=O) groups is 1. The lowest BCUT2D eigenvalue weighted by molar-refractivity contribution is 0.259. The SMILES string of the molecule is COc1cc(C)c(C)cc1C(C)(C)CNC(=O)Br. The quantitative estimate of drug-likeness (QED) is 0.680. The van der Waals surface area contributed by atoms with E-state index >= 15 is 0 Å². The summed E-state index contributed by atoms with van der Waals surface area (Å²) in [7, 11) is 1.67. The van der Waals surface area contributed by atoms with Crippen molar-refractivity contribution >= 4 is 20.7 Å². The summed E-state index contributed by atoms with van der Waals surface area (Å²) in [6.45, 7) is 8.87. The number of methoxy groups -OCH3 is 1. The average Bonchev–Trinajstić information content (AvgIpc) is 2.29. The van der Waals surface area contributed by atoms with Crippen molar-refractivity contribution in [1.29, 1.82) is 0 Å². The first-order valence-corrected chi connectivity index (χ1v) is 6.66. The molecule has 1 aromatic carbocycles. The summed E-state index contributed by atoms with van der Waals surface area (Å²) in [5.41, 5.74) is 3.35. The van der Waals surface area contributed by atoms with E-state index in [9.17, 15) is 4.79 Å². The van der Waals surface area contributed by atoms with Gasteiger partial charge in [0, 0.05) is 33.5 Å². The van der Waals surface area contributed by atoms with E-state index in [0.717, 1.165) is 11.3 Å². The molecular weight excluding hydrogens is 294 g/mol. The molecule has 3 nitrogen and oxygen atoms in total. The number of hydrogen-bond donors (Lipinski definition) is 1. The zero-order valence-corrected chi connectivity index (χ0v) is 13.1. The number of ether oxygens (including phenoxy) is 1. The molecule has 0 bridgehead atoms. The fraction of sp³-hybridized carbons (Fsp3) is 0.500. The molecule has 0 radical (unpaired) electrons. The smallest absolute Gasteiger partial charge is 0.287 e. The lowest BCUT2D eigenvalue weighted by Crippen LogP contribution is -2.34. The Kier molecular flexibility index (Phi) is 4.79. The average molecular weight is 314 g/mol. The Morgan fingerprint density at radius 3 is 2.39 bits per heavy atom. The van der Waals surface area contributed by atoms with Crippen molar-refractivity contribution in [1.82, 2.24) is 5.32 Å². The fourth-order valence-electron chi connectivity index (χ4n) is 1.87. The Labute approximate surface area is 117 Å². The van der Waals surface area contributed by atoms with Gasteiger partial charge in [0.1, 0.15) is 5.75 Å². The highest BCUT2D eigenvalue weighted by atomic mass is 79.9. The highest BCUT2D eigenvalue weighted by molar-refractivity contribution is 9.18. The summed E-state index contributed by atoms with van der Waals surface area (Å²) >= 11 is 2.88. The fourth-order valence-corrected chi connectivity index (χ4v) is 2.01. The number of amides is 1. The van der Waals surface area contributed by atoms with Gasteiger partial charge in [-0.25, -0.2) is 0 Å². The number of carbonyl (C=O) groups excluding carboxylic acids is 1. The van der Waals surface area contributed by atoms with Crippen LogP contribution in [0.3, 0.4) is 0 Å². The molecule has 0 aliphatic heterocycles. The van der Waals surface area contributed by atoms with Crippen molar-refractivity contribution in [2.75, 3.05) is 13.7 Å². The molecule has 0 aliphatic carbocycles. The molecule has 100 valence electrons. The molecule has 0 fully saturated rings. The van der Waals surface area contributed by atoms with Crippen molar-refractivity contribution in [3.63, 3.8) is 0 Å². The summed E-state index contributed by atoms with van der Waals surface area (Å²) in [6.07, 6.45) is 0. The molecule has 4 heteroatoms. The van der Waals surface area contributed by atoms with Gasteiger partial charge in [0.2, 0.25) is 0 Å². The van der Waals surface area contributed by atoms with E-state index < -0.39 is 0 Å². The van der Waals surface area contributed by atoms with Gasteiger partial charge in [-0.1, -0.05) is 19.9 Å². The van der Waals surface area contributed by atoms with Crippen LogP contribution in [0, 0.1) is 13.8 Å². The van der Waals surface area contributed by atoms with Crippen LogP contribution in [-0.4, -0.2) is 18.5 Å². The number of halogens is 1. The monoisotopic (exact) mass is 313 g/mol. The zero-order valence-electron chi connectivity index (χ0n) is 11.6. The van der Waals surface area contributed by atoms with E-state index in [1.54, 1.807) is 7.11 Å². The number of nitrogens with one attached hydrogen (secondary N) is 1. The van der Waals surface area contributed by atoms with Gasteiger partial charge in [0.05, 0.1) is 7.11 Å². The molecule has 0 unspecified atom stereocenters. The van der Waals surface area contributed by atoms with Crippen LogP contribution in [-0.2, 0) is 5.41 Å². The lowest BCUT2D eigenvalue weighted by atomic mass is 9.82. The molecule has 18 heavy (non-hydrogen) atoms. The maximum Gasteiger partial charge on any atom is 0.287 e. The van der Waals surface area contributed by atoms with Crippen LogP contribution in [0.2, 0.25) is 0 Å². The number of aryl methyl sites for hydroxylation is 2. The number of hydrogen-bond acceptors (Lipinski definition) is 2. The van der Waals surface area contributed by atoms with Crippen LogP contribution in [0.15, 0.2) is 12.1 Å². The summed E-state index contributed by atoms with van der Waals surface area (Å²) < 4.78 is 5.45. The molecule has 1 aromatic rings. The third kappa shape index (κ3) is 3.48. The molecule has 1 amide bonds. The minimum atomic E-state index is -0.196. The van der Waals surface area contributed by atoms with E-state index in [1.807, 2.05) is 6.07 Å². The highest BCUT2D eigenvalue weighted by Gasteiger charge is 2.25. The van der Waals surface area contributed by atoms with E-state index in [2.05, 4.69) is 55.0 Å². The Morgan fingerprint density at radius 2 is 1.89 bits per heavy atom. The van der Waals surface area contributed by atoms with Gasteiger partial charge in [-0.2, -0.15) is 0 Å². The first-order valence-electron chi connectivity index (χ1n) is 5.87. The topological polar surface area (TPSA) is 38.3 Å². The third-order valence-electron chi connectivity index (χ3n) is 3.21. The third-order valence-corrected chi connectivity index (χ3v) is 3.49. The Hall–Kier alpha value is -1.03. The second kappa shape index (κ2) is 5.74. The predicted octanol–water partition coefficient (Wildman–Crippen LogP) is 3.69. The summed E-state index contributed by atoms with van der Waals surface area (Å²) in [5.74, 6) is 0.868. The Bertz CT molecular complexity index is 455. The van der Waals surface area contributed by atoms with E-state index in [-0.39, 0.29) is 10.2 Å². The van der Waals surface area contributed by atoms with Crippen molar-refractivity contribution in [3.05, 3.63) is 28.8 Å². The largest absolute Gasteiger partial charge is 0.496 e. The second-order valence-corrected chi connectivity index (χ2v) is 5.87. The standard InChI is InChI=1S/C14H20BrNO2/c1-9-6-11(12(18-5)7-10(9)2)14(3,4)8-16-13(15)17/h6-7H,8H2,1-5H3,(H,16,17). The van der Waals surface area contributed by atoms with Gasteiger partial charge < -0.3 is 10.1 Å². The van der Waals surface area contributed by atoms with Crippen LogP contribution in [0.4, 0.5) is 4.79 Å². The molecule has 0 saturated heterocycles. The normalized spacial score (nSPS) is 11.2. The zero-order chi connectivity index (χ0) is 13.9. The lowest BCUT2D eigenvalue weighted by Gasteiger charge is -2.28. The molecule has 1 rings (SSSR count). The van der Waals surface area contributed by atoms with Crippen LogP contribution in [0.1, 0.15) is 30.5 Å². The Morgan fingerprint density at radius 1 is 1.33 bits per heavy atom. The van der Waals surface area contributed by atoms with Gasteiger partial charge in [-0.3, -0.25) is 4.79 Å². The highest BCUT2D eigenvalue weighted by Crippen LogP contribution is 2.33. The molecular formula is C14H20BrNO2. The van der Waals surface area contributed by atoms with E-state index in [0.29, 0.717) is 6.54 Å². The number of rotatable bonds is 4. The van der Waals surface area contributed by atoms with Gasteiger partial charge in [0.25, 0.3) is 4.82 Å². The number of benzene rings is 1. The second-order valence-electron chi connectivity index (χ2n) is 5.15. The van der Waals surface area contributed by atoms with Crippen molar-refractivity contribution in [2.45, 2.75) is 33.1 Å².